The topological polar surface area (TPSA) is 69.7 Å². The Hall–Kier alpha value is -0.820. The molecule has 7 heteroatoms. The minimum Gasteiger partial charge on any atom is -0.335 e. The molecule has 0 spiro atoms. The molecule has 0 aromatic rings. The van der Waals surface area contributed by atoms with Gasteiger partial charge in [0, 0.05) is 32.2 Å². The molecule has 1 saturated heterocycles. The predicted octanol–water partition coefficient (Wildman–Crippen LogP) is 1.88. The maximum Gasteiger partial charge on any atom is 0.317 e. The molecule has 134 valence electrons. The lowest BCUT2D eigenvalue weighted by Gasteiger charge is -2.39. The fourth-order valence-corrected chi connectivity index (χ4v) is 4.49. The van der Waals surface area contributed by atoms with E-state index < -0.39 is 10.0 Å². The molecular weight excluding hydrogens is 314 g/mol. The molecule has 2 aliphatic rings. The predicted molar refractivity (Wildman–Crippen MR) is 91.7 cm³/mol. The number of piperidine rings is 1. The van der Waals surface area contributed by atoms with Crippen LogP contribution in [0.4, 0.5) is 4.79 Å². The fourth-order valence-electron chi connectivity index (χ4n) is 3.74. The zero-order valence-electron chi connectivity index (χ0n) is 14.8. The second kappa shape index (κ2) is 7.38. The van der Waals surface area contributed by atoms with Gasteiger partial charge in [-0.15, -0.1) is 0 Å². The number of rotatable bonds is 3. The van der Waals surface area contributed by atoms with Crippen molar-refractivity contribution < 1.29 is 13.2 Å². The van der Waals surface area contributed by atoms with Crippen LogP contribution in [0.15, 0.2) is 0 Å². The molecule has 2 amide bonds. The van der Waals surface area contributed by atoms with Gasteiger partial charge in [-0.2, -0.15) is 0 Å². The summed E-state index contributed by atoms with van der Waals surface area (Å²) < 4.78 is 24.7. The van der Waals surface area contributed by atoms with Crippen molar-refractivity contribution in [3.63, 3.8) is 0 Å². The normalized spacial score (nSPS) is 30.5. The highest BCUT2D eigenvalue weighted by molar-refractivity contribution is 7.88. The van der Waals surface area contributed by atoms with Crippen molar-refractivity contribution in [3.05, 3.63) is 0 Å². The van der Waals surface area contributed by atoms with E-state index in [0.29, 0.717) is 37.8 Å². The SMILES string of the molecule is C[C@H]1[C@H](C)CCC[C@@H]1NC(=O)N1CCC(N(C)S(C)(=O)=O)CC1. The lowest BCUT2D eigenvalue weighted by molar-refractivity contribution is 0.146. The van der Waals surface area contributed by atoms with E-state index in [1.54, 1.807) is 7.05 Å². The molecule has 1 heterocycles. The summed E-state index contributed by atoms with van der Waals surface area (Å²) in [7, 11) is -1.54. The molecule has 3 atom stereocenters. The summed E-state index contributed by atoms with van der Waals surface area (Å²) in [5.41, 5.74) is 0. The molecule has 1 aliphatic heterocycles. The molecule has 1 aliphatic carbocycles. The summed E-state index contributed by atoms with van der Waals surface area (Å²) in [5, 5.41) is 3.20. The van der Waals surface area contributed by atoms with Gasteiger partial charge < -0.3 is 10.2 Å². The summed E-state index contributed by atoms with van der Waals surface area (Å²) in [4.78, 5) is 14.3. The van der Waals surface area contributed by atoms with Crippen LogP contribution in [0.1, 0.15) is 46.0 Å². The van der Waals surface area contributed by atoms with E-state index in [9.17, 15) is 13.2 Å². The molecule has 0 bridgehead atoms. The third-order valence-corrected chi connectivity index (χ3v) is 7.15. The van der Waals surface area contributed by atoms with Crippen LogP contribution >= 0.6 is 0 Å². The zero-order chi connectivity index (χ0) is 17.2. The second-order valence-corrected chi connectivity index (χ2v) is 9.36. The van der Waals surface area contributed by atoms with Crippen molar-refractivity contribution in [1.29, 1.82) is 0 Å². The van der Waals surface area contributed by atoms with Crippen molar-refractivity contribution in [2.24, 2.45) is 11.8 Å². The van der Waals surface area contributed by atoms with Crippen LogP contribution in [0.25, 0.3) is 0 Å². The number of nitrogens with one attached hydrogen (secondary N) is 1. The van der Waals surface area contributed by atoms with Crippen molar-refractivity contribution in [1.82, 2.24) is 14.5 Å². The average Bonchev–Trinajstić information content (AvgIpc) is 2.50. The van der Waals surface area contributed by atoms with Crippen LogP contribution < -0.4 is 5.32 Å². The number of hydrogen-bond donors (Lipinski definition) is 1. The zero-order valence-corrected chi connectivity index (χ0v) is 15.6. The lowest BCUT2D eigenvalue weighted by Crippen LogP contribution is -2.53. The molecule has 1 N–H and O–H groups in total. The molecule has 23 heavy (non-hydrogen) atoms. The molecule has 0 aromatic carbocycles. The van der Waals surface area contributed by atoms with Crippen molar-refractivity contribution in [3.8, 4) is 0 Å². The first-order valence-corrected chi connectivity index (χ1v) is 10.5. The number of amides is 2. The Balaban J connectivity index is 1.84. The van der Waals surface area contributed by atoms with Crippen molar-refractivity contribution >= 4 is 16.1 Å². The maximum absolute atomic E-state index is 12.5. The Morgan fingerprint density at radius 3 is 2.30 bits per heavy atom. The van der Waals surface area contributed by atoms with E-state index in [0.717, 1.165) is 6.42 Å². The van der Waals surface area contributed by atoms with E-state index in [1.165, 1.54) is 23.4 Å². The molecule has 2 fully saturated rings. The third kappa shape index (κ3) is 4.59. The van der Waals surface area contributed by atoms with Crippen LogP contribution in [0.2, 0.25) is 0 Å². The van der Waals surface area contributed by atoms with Gasteiger partial charge in [-0.3, -0.25) is 0 Å². The Morgan fingerprint density at radius 2 is 1.74 bits per heavy atom. The number of likely N-dealkylation sites (tertiary alicyclic amines) is 1. The summed E-state index contributed by atoms with van der Waals surface area (Å²) in [5.74, 6) is 1.17. The molecule has 2 rings (SSSR count). The Labute approximate surface area is 140 Å². The Bertz CT molecular complexity index is 515. The third-order valence-electron chi connectivity index (χ3n) is 5.80. The number of carbonyl (C=O) groups is 1. The second-order valence-electron chi connectivity index (χ2n) is 7.32. The van der Waals surface area contributed by atoms with Gasteiger partial charge >= 0.3 is 6.03 Å². The smallest absolute Gasteiger partial charge is 0.317 e. The highest BCUT2D eigenvalue weighted by Crippen LogP contribution is 2.29. The number of urea groups is 1. The Morgan fingerprint density at radius 1 is 1.13 bits per heavy atom. The molecule has 0 unspecified atom stereocenters. The Kier molecular flexibility index (Phi) is 5.94. The molecule has 0 aromatic heterocycles. The average molecular weight is 346 g/mol. The summed E-state index contributed by atoms with van der Waals surface area (Å²) in [6, 6.07) is 0.279. The minimum atomic E-state index is -3.16. The van der Waals surface area contributed by atoms with Gasteiger partial charge in [0.15, 0.2) is 0 Å². The van der Waals surface area contributed by atoms with E-state index in [2.05, 4.69) is 19.2 Å². The van der Waals surface area contributed by atoms with Gasteiger partial charge in [-0.1, -0.05) is 26.7 Å². The molecule has 1 saturated carbocycles. The van der Waals surface area contributed by atoms with Crippen LogP contribution in [0.5, 0.6) is 0 Å². The van der Waals surface area contributed by atoms with Gasteiger partial charge in [-0.05, 0) is 31.1 Å². The summed E-state index contributed by atoms with van der Waals surface area (Å²) in [6.07, 6.45) is 6.12. The first-order valence-electron chi connectivity index (χ1n) is 8.68. The van der Waals surface area contributed by atoms with E-state index in [-0.39, 0.29) is 18.1 Å². The van der Waals surface area contributed by atoms with Gasteiger partial charge in [0.2, 0.25) is 10.0 Å². The quantitative estimate of drug-likeness (QED) is 0.849. The minimum absolute atomic E-state index is 0.00248. The summed E-state index contributed by atoms with van der Waals surface area (Å²) >= 11 is 0. The highest BCUT2D eigenvalue weighted by Gasteiger charge is 2.32. The lowest BCUT2D eigenvalue weighted by atomic mass is 9.78. The first kappa shape index (κ1) is 18.5. The van der Waals surface area contributed by atoms with E-state index in [4.69, 9.17) is 0 Å². The van der Waals surface area contributed by atoms with Crippen molar-refractivity contribution in [2.45, 2.75) is 58.0 Å². The van der Waals surface area contributed by atoms with Gasteiger partial charge in [-0.25, -0.2) is 17.5 Å². The molecule has 0 radical (unpaired) electrons. The number of hydrogen-bond acceptors (Lipinski definition) is 3. The first-order chi connectivity index (χ1) is 10.7. The maximum atomic E-state index is 12.5. The standard InChI is InChI=1S/C16H31N3O3S/c1-12-6-5-7-15(13(12)2)17-16(20)19-10-8-14(9-11-19)18(3)23(4,21)22/h12-15H,5-11H2,1-4H3,(H,17,20)/t12-,13+,15+/m1/s1. The van der Waals surface area contributed by atoms with Gasteiger partial charge in [0.05, 0.1) is 6.26 Å². The number of carbonyl (C=O) groups excluding carboxylic acids is 1. The van der Waals surface area contributed by atoms with E-state index >= 15 is 0 Å². The van der Waals surface area contributed by atoms with Gasteiger partial charge in [0.25, 0.3) is 0 Å². The van der Waals surface area contributed by atoms with Crippen LogP contribution in [0.3, 0.4) is 0 Å². The van der Waals surface area contributed by atoms with Crippen LogP contribution in [0, 0.1) is 11.8 Å². The largest absolute Gasteiger partial charge is 0.335 e. The van der Waals surface area contributed by atoms with Crippen LogP contribution in [-0.4, -0.2) is 62.1 Å². The highest BCUT2D eigenvalue weighted by atomic mass is 32.2. The fraction of sp³-hybridized carbons (Fsp3) is 0.938. The molecular formula is C16H31N3O3S. The monoisotopic (exact) mass is 345 g/mol. The van der Waals surface area contributed by atoms with Crippen molar-refractivity contribution in [2.75, 3.05) is 26.4 Å². The summed E-state index contributed by atoms with van der Waals surface area (Å²) in [6.45, 7) is 5.72. The number of nitrogens with zero attached hydrogens (tertiary/aromatic N) is 2. The molecule has 6 nitrogen and oxygen atoms in total. The number of sulfonamides is 1. The van der Waals surface area contributed by atoms with Crippen LogP contribution in [-0.2, 0) is 10.0 Å². The van der Waals surface area contributed by atoms with E-state index in [1.807, 2.05) is 4.90 Å². The van der Waals surface area contributed by atoms with Gasteiger partial charge in [0.1, 0.15) is 0 Å².